The first-order valence-electron chi connectivity index (χ1n) is 13.6. The highest BCUT2D eigenvalue weighted by Gasteiger charge is 2.27. The highest BCUT2D eigenvalue weighted by Crippen LogP contribution is 2.34. The van der Waals surface area contributed by atoms with Crippen molar-refractivity contribution in [3.8, 4) is 11.5 Å². The number of nitrogens with zero attached hydrogens (tertiary/aromatic N) is 5. The molecular formula is C31H31FN6O3. The molecule has 0 saturated carbocycles. The Labute approximate surface area is 236 Å². The largest absolute Gasteiger partial charge is 0.454 e. The van der Waals surface area contributed by atoms with Gasteiger partial charge in [0.25, 0.3) is 5.56 Å². The van der Waals surface area contributed by atoms with Crippen molar-refractivity contribution in [1.29, 1.82) is 0 Å². The molecule has 0 unspecified atom stereocenters. The molecule has 10 heteroatoms. The fourth-order valence-corrected chi connectivity index (χ4v) is 5.39. The molecule has 0 bridgehead atoms. The number of hydrogen-bond donors (Lipinski definition) is 1. The van der Waals surface area contributed by atoms with Crippen LogP contribution in [0.15, 0.2) is 65.5 Å². The molecule has 0 amide bonds. The third kappa shape index (κ3) is 5.43. The quantitative estimate of drug-likeness (QED) is 0.267. The van der Waals surface area contributed by atoms with E-state index in [-0.39, 0.29) is 24.2 Å². The average Bonchev–Trinajstić information content (AvgIpc) is 3.63. The van der Waals surface area contributed by atoms with Crippen molar-refractivity contribution >= 4 is 10.9 Å². The Morgan fingerprint density at radius 3 is 2.59 bits per heavy atom. The van der Waals surface area contributed by atoms with Gasteiger partial charge in [0.15, 0.2) is 17.3 Å². The van der Waals surface area contributed by atoms with Crippen molar-refractivity contribution in [3.05, 3.63) is 110 Å². The molecule has 0 spiro atoms. The van der Waals surface area contributed by atoms with Crippen LogP contribution in [0.4, 0.5) is 4.39 Å². The van der Waals surface area contributed by atoms with E-state index in [9.17, 15) is 9.18 Å². The molecule has 0 aliphatic carbocycles. The van der Waals surface area contributed by atoms with Crippen LogP contribution in [0.5, 0.6) is 11.5 Å². The highest BCUT2D eigenvalue weighted by molar-refractivity contribution is 5.83. The third-order valence-electron chi connectivity index (χ3n) is 7.75. The molecule has 9 nitrogen and oxygen atoms in total. The number of aryl methyl sites for hydroxylation is 2. The summed E-state index contributed by atoms with van der Waals surface area (Å²) in [6.45, 7) is 7.61. The average molecular weight is 555 g/mol. The topological polar surface area (TPSA) is 98.2 Å². The molecule has 1 atom stereocenters. The zero-order chi connectivity index (χ0) is 28.5. The molecule has 5 aromatic rings. The van der Waals surface area contributed by atoms with E-state index in [4.69, 9.17) is 9.47 Å². The van der Waals surface area contributed by atoms with Crippen molar-refractivity contribution in [2.75, 3.05) is 6.79 Å². The number of pyridine rings is 1. The van der Waals surface area contributed by atoms with Gasteiger partial charge >= 0.3 is 0 Å². The monoisotopic (exact) mass is 554 g/mol. The van der Waals surface area contributed by atoms with E-state index in [1.807, 2.05) is 44.2 Å². The third-order valence-corrected chi connectivity index (χ3v) is 7.75. The minimum Gasteiger partial charge on any atom is -0.454 e. The number of hydrogen-bond acceptors (Lipinski definition) is 7. The van der Waals surface area contributed by atoms with Crippen LogP contribution >= 0.6 is 0 Å². The van der Waals surface area contributed by atoms with Crippen LogP contribution in [-0.4, -0.2) is 36.9 Å². The van der Waals surface area contributed by atoms with Crippen molar-refractivity contribution in [1.82, 2.24) is 30.1 Å². The summed E-state index contributed by atoms with van der Waals surface area (Å²) < 4.78 is 26.4. The molecule has 0 saturated heterocycles. The highest BCUT2D eigenvalue weighted by atomic mass is 19.1. The van der Waals surface area contributed by atoms with E-state index < -0.39 is 0 Å². The number of aromatic nitrogens is 5. The summed E-state index contributed by atoms with van der Waals surface area (Å²) in [6.07, 6.45) is 0.693. The molecule has 1 aliphatic heterocycles. The van der Waals surface area contributed by atoms with Crippen molar-refractivity contribution in [2.45, 2.75) is 52.9 Å². The molecule has 6 rings (SSSR count). The van der Waals surface area contributed by atoms with E-state index in [1.165, 1.54) is 12.1 Å². The Morgan fingerprint density at radius 1 is 1.00 bits per heavy atom. The second kappa shape index (κ2) is 11.1. The number of ether oxygens (including phenoxy) is 2. The summed E-state index contributed by atoms with van der Waals surface area (Å²) in [5, 5.41) is 13.6. The van der Waals surface area contributed by atoms with Crippen LogP contribution < -0.4 is 15.0 Å². The normalized spacial score (nSPS) is 13.3. The first-order valence-corrected chi connectivity index (χ1v) is 13.6. The summed E-state index contributed by atoms with van der Waals surface area (Å²) in [7, 11) is 0. The predicted molar refractivity (Wildman–Crippen MR) is 152 cm³/mol. The number of halogens is 1. The summed E-state index contributed by atoms with van der Waals surface area (Å²) in [6, 6.07) is 18.1. The standard InChI is InChI=1S/C31H31FN6O3/c1-4-26(30-34-35-36-38(30)16-21-6-10-25(32)11-7-21)37(15-22-8-12-27-28(13-22)41-18-40-27)17-24-14-23-9-5-19(2)20(3)29(23)33-31(24)39/h5-14,26H,4,15-18H2,1-3H3,(H,33,39)/t26-/m1/s1. The number of tetrazole rings is 1. The Bertz CT molecular complexity index is 1760. The van der Waals surface area contributed by atoms with Crippen molar-refractivity contribution < 1.29 is 13.9 Å². The number of H-pyrrole nitrogens is 1. The maximum absolute atomic E-state index is 13.5. The fourth-order valence-electron chi connectivity index (χ4n) is 5.39. The Morgan fingerprint density at radius 2 is 1.78 bits per heavy atom. The van der Waals surface area contributed by atoms with Crippen LogP contribution in [0.2, 0.25) is 0 Å². The van der Waals surface area contributed by atoms with Gasteiger partial charge in [-0.25, -0.2) is 9.07 Å². The summed E-state index contributed by atoms with van der Waals surface area (Å²) >= 11 is 0. The number of fused-ring (bicyclic) bond motifs is 2. The summed E-state index contributed by atoms with van der Waals surface area (Å²) in [4.78, 5) is 18.7. The smallest absolute Gasteiger partial charge is 0.252 e. The van der Waals surface area contributed by atoms with Gasteiger partial charge in [0.05, 0.1) is 18.1 Å². The van der Waals surface area contributed by atoms with Gasteiger partial charge in [-0.15, -0.1) is 5.10 Å². The first-order chi connectivity index (χ1) is 19.9. The summed E-state index contributed by atoms with van der Waals surface area (Å²) in [5.41, 5.74) is 5.47. The number of rotatable bonds is 9. The number of aromatic amines is 1. The molecule has 0 radical (unpaired) electrons. The second-order valence-corrected chi connectivity index (χ2v) is 10.4. The molecule has 3 aromatic carbocycles. The Kier molecular flexibility index (Phi) is 7.23. The maximum atomic E-state index is 13.5. The van der Waals surface area contributed by atoms with Crippen LogP contribution in [0, 0.1) is 19.7 Å². The van der Waals surface area contributed by atoms with Crippen LogP contribution in [0.1, 0.15) is 53.0 Å². The molecule has 2 aromatic heterocycles. The molecule has 1 aliphatic rings. The minimum atomic E-state index is -0.294. The van der Waals surface area contributed by atoms with Gasteiger partial charge in [-0.3, -0.25) is 9.69 Å². The van der Waals surface area contributed by atoms with Crippen LogP contribution in [0.25, 0.3) is 10.9 Å². The SMILES string of the molecule is CC[C@H](c1nnnn1Cc1ccc(F)cc1)N(Cc1ccc2c(c1)OCO2)Cc1cc2ccc(C)c(C)c2[nH]c1=O. The molecule has 210 valence electrons. The van der Waals surface area contributed by atoms with Gasteiger partial charge in [0.1, 0.15) is 5.82 Å². The zero-order valence-corrected chi connectivity index (χ0v) is 23.2. The maximum Gasteiger partial charge on any atom is 0.252 e. The lowest BCUT2D eigenvalue weighted by atomic mass is 10.0. The first kappa shape index (κ1) is 26.6. The van der Waals surface area contributed by atoms with E-state index >= 15 is 0 Å². The molecule has 41 heavy (non-hydrogen) atoms. The second-order valence-electron chi connectivity index (χ2n) is 10.4. The Balaban J connectivity index is 1.38. The summed E-state index contributed by atoms with van der Waals surface area (Å²) in [5.74, 6) is 1.79. The lowest BCUT2D eigenvalue weighted by Gasteiger charge is -2.30. The molecular weight excluding hydrogens is 523 g/mol. The molecule has 3 heterocycles. The lowest BCUT2D eigenvalue weighted by molar-refractivity contribution is 0.161. The van der Waals surface area contributed by atoms with Crippen LogP contribution in [-0.2, 0) is 19.6 Å². The van der Waals surface area contributed by atoms with E-state index in [0.29, 0.717) is 48.9 Å². The minimum absolute atomic E-state index is 0.123. The van der Waals surface area contributed by atoms with Crippen molar-refractivity contribution in [3.63, 3.8) is 0 Å². The zero-order valence-electron chi connectivity index (χ0n) is 23.2. The van der Waals surface area contributed by atoms with Gasteiger partial charge < -0.3 is 14.5 Å². The van der Waals surface area contributed by atoms with Gasteiger partial charge in [0.2, 0.25) is 6.79 Å². The van der Waals surface area contributed by atoms with Crippen LogP contribution in [0.3, 0.4) is 0 Å². The predicted octanol–water partition coefficient (Wildman–Crippen LogP) is 5.20. The van der Waals surface area contributed by atoms with Gasteiger partial charge in [-0.2, -0.15) is 0 Å². The van der Waals surface area contributed by atoms with Gasteiger partial charge in [0, 0.05) is 18.7 Å². The van der Waals surface area contributed by atoms with E-state index in [2.05, 4.69) is 38.4 Å². The van der Waals surface area contributed by atoms with E-state index in [0.717, 1.165) is 33.2 Å². The Hall–Kier alpha value is -4.57. The fraction of sp³-hybridized carbons (Fsp3) is 0.290. The molecule has 0 fully saturated rings. The van der Waals surface area contributed by atoms with Gasteiger partial charge in [-0.05, 0) is 88.7 Å². The van der Waals surface area contributed by atoms with E-state index in [1.54, 1.807) is 16.8 Å². The number of nitrogens with one attached hydrogen (secondary N) is 1. The lowest BCUT2D eigenvalue weighted by Crippen LogP contribution is -2.32. The number of benzene rings is 3. The van der Waals surface area contributed by atoms with Crippen molar-refractivity contribution in [2.24, 2.45) is 0 Å². The van der Waals surface area contributed by atoms with Gasteiger partial charge in [-0.1, -0.05) is 37.3 Å². The molecule has 1 N–H and O–H groups in total.